The number of ether oxygens (including phenoxy) is 1. The predicted octanol–water partition coefficient (Wildman–Crippen LogP) is 0.771. The van der Waals surface area contributed by atoms with Crippen molar-refractivity contribution in [2.75, 3.05) is 7.11 Å². The minimum absolute atomic E-state index is 0.285. The quantitative estimate of drug-likeness (QED) is 0.746. The Kier molecular flexibility index (Phi) is 1.89. The van der Waals surface area contributed by atoms with Crippen molar-refractivity contribution in [3.8, 4) is 5.75 Å². The van der Waals surface area contributed by atoms with Crippen molar-refractivity contribution in [1.29, 1.82) is 0 Å². The monoisotopic (exact) mass is 189 g/mol. The smallest absolute Gasteiger partial charge is 0.267 e. The molecule has 1 aromatic rings. The van der Waals surface area contributed by atoms with E-state index in [1.807, 2.05) is 6.07 Å². The van der Waals surface area contributed by atoms with Gasteiger partial charge in [0.15, 0.2) is 0 Å². The number of primary amides is 1. The van der Waals surface area contributed by atoms with Crippen LogP contribution in [0.3, 0.4) is 0 Å². The van der Waals surface area contributed by atoms with E-state index in [-0.39, 0.29) is 5.70 Å². The van der Waals surface area contributed by atoms with Crippen LogP contribution in [0.2, 0.25) is 0 Å². The average molecular weight is 189 g/mol. The lowest BCUT2D eigenvalue weighted by molar-refractivity contribution is -0.114. The number of fused-ring (bicyclic) bond motifs is 1. The number of hydrogen-bond acceptors (Lipinski definition) is 2. The molecule has 1 aliphatic heterocycles. The maximum absolute atomic E-state index is 10.9. The van der Waals surface area contributed by atoms with E-state index in [0.29, 0.717) is 0 Å². The molecule has 0 unspecified atom stereocenters. The molecule has 4 heteroatoms. The lowest BCUT2D eigenvalue weighted by atomic mass is 10.2. The number of nitrogens with two attached hydrogens (primary N) is 1. The van der Waals surface area contributed by atoms with Crippen molar-refractivity contribution in [3.05, 3.63) is 29.5 Å². The predicted molar refractivity (Wildman–Crippen MR) is 52.0 cm³/mol. The minimum Gasteiger partial charge on any atom is -0.497 e. The molecule has 0 atom stereocenters. The third-order valence-corrected chi connectivity index (χ3v) is 2.02. The van der Waals surface area contributed by atoms with Gasteiger partial charge in [0.2, 0.25) is 0 Å². The highest BCUT2D eigenvalue weighted by atomic mass is 16.5. The summed E-state index contributed by atoms with van der Waals surface area (Å²) in [5, 5.41) is 4.06. The van der Waals surface area contributed by atoms with Gasteiger partial charge in [0.25, 0.3) is 5.91 Å². The molecule has 1 heterocycles. The second-order valence-electron chi connectivity index (χ2n) is 2.93. The number of methoxy groups -OCH3 is 1. The number of carbonyl (C=O) groups excluding carboxylic acids is 1. The molecule has 1 aromatic carbocycles. The Hall–Kier alpha value is -1.97. The number of carbonyl (C=O) groups is 1. The number of nitrogens with zero attached hydrogens (tertiary/aromatic N) is 1. The van der Waals surface area contributed by atoms with E-state index in [4.69, 9.17) is 10.5 Å². The fourth-order valence-electron chi connectivity index (χ4n) is 1.31. The Bertz CT molecular complexity index is 424. The van der Waals surface area contributed by atoms with Crippen molar-refractivity contribution < 1.29 is 9.53 Å². The second kappa shape index (κ2) is 3.06. The summed E-state index contributed by atoms with van der Waals surface area (Å²) >= 11 is 0. The van der Waals surface area contributed by atoms with Crippen molar-refractivity contribution in [2.24, 2.45) is 5.73 Å². The molecule has 1 aliphatic rings. The highest BCUT2D eigenvalue weighted by Gasteiger charge is 2.17. The van der Waals surface area contributed by atoms with Gasteiger partial charge in [-0.1, -0.05) is 0 Å². The molecule has 0 bridgehead atoms. The van der Waals surface area contributed by atoms with E-state index in [1.54, 1.807) is 25.3 Å². The molecule has 0 saturated heterocycles. The van der Waals surface area contributed by atoms with Crippen molar-refractivity contribution >= 4 is 17.7 Å². The summed E-state index contributed by atoms with van der Waals surface area (Å²) in [6.45, 7) is 0. The Balaban J connectivity index is 2.39. The summed E-state index contributed by atoms with van der Waals surface area (Å²) in [4.78, 5) is 10.9. The van der Waals surface area contributed by atoms with Crippen LogP contribution in [-0.2, 0) is 4.79 Å². The highest BCUT2D eigenvalue weighted by molar-refractivity contribution is 6.00. The maximum atomic E-state index is 10.9. The van der Waals surface area contributed by atoms with Crippen LogP contribution >= 0.6 is 0 Å². The van der Waals surface area contributed by atoms with Gasteiger partial charge in [-0.3, -0.25) is 4.79 Å². The summed E-state index contributed by atoms with van der Waals surface area (Å²) < 4.78 is 5.05. The first-order valence-corrected chi connectivity index (χ1v) is 4.12. The van der Waals surface area contributed by atoms with E-state index >= 15 is 0 Å². The summed E-state index contributed by atoms with van der Waals surface area (Å²) in [6, 6.07) is 5.40. The minimum atomic E-state index is -0.514. The van der Waals surface area contributed by atoms with Crippen LogP contribution in [0.5, 0.6) is 5.75 Å². The summed E-state index contributed by atoms with van der Waals surface area (Å²) in [5.41, 5.74) is 7.01. The Labute approximate surface area is 81.4 Å². The SMILES string of the molecule is COc1ccc2c(c1)C=C(C(N)=O)[N]2. The van der Waals surface area contributed by atoms with Crippen LogP contribution in [0.25, 0.3) is 6.08 Å². The molecule has 0 saturated carbocycles. The molecule has 0 fully saturated rings. The van der Waals surface area contributed by atoms with Crippen molar-refractivity contribution in [3.63, 3.8) is 0 Å². The van der Waals surface area contributed by atoms with E-state index in [1.165, 1.54) is 0 Å². The third kappa shape index (κ3) is 1.31. The lowest BCUT2D eigenvalue weighted by Gasteiger charge is -2.01. The van der Waals surface area contributed by atoms with E-state index in [0.717, 1.165) is 17.0 Å². The van der Waals surface area contributed by atoms with Gasteiger partial charge < -0.3 is 10.5 Å². The van der Waals surface area contributed by atoms with Gasteiger partial charge in [0.1, 0.15) is 11.4 Å². The summed E-state index contributed by atoms with van der Waals surface area (Å²) in [5.74, 6) is 0.223. The highest BCUT2D eigenvalue weighted by Crippen LogP contribution is 2.30. The van der Waals surface area contributed by atoms with Gasteiger partial charge in [0.05, 0.1) is 12.8 Å². The Morgan fingerprint density at radius 1 is 1.50 bits per heavy atom. The first-order chi connectivity index (χ1) is 6.70. The largest absolute Gasteiger partial charge is 0.497 e. The first kappa shape index (κ1) is 8.62. The number of rotatable bonds is 2. The molecular weight excluding hydrogens is 180 g/mol. The van der Waals surface area contributed by atoms with Crippen LogP contribution in [0.4, 0.5) is 5.69 Å². The normalized spacial score (nSPS) is 12.8. The first-order valence-electron chi connectivity index (χ1n) is 4.12. The maximum Gasteiger partial charge on any atom is 0.267 e. The summed E-state index contributed by atoms with van der Waals surface area (Å²) in [6.07, 6.45) is 1.65. The summed E-state index contributed by atoms with van der Waals surface area (Å²) in [7, 11) is 1.59. The molecular formula is C10H9N2O2. The molecule has 1 radical (unpaired) electrons. The van der Waals surface area contributed by atoms with E-state index < -0.39 is 5.91 Å². The number of hydrogen-bond donors (Lipinski definition) is 1. The molecule has 71 valence electrons. The van der Waals surface area contributed by atoms with Gasteiger partial charge in [-0.25, -0.2) is 5.32 Å². The molecule has 14 heavy (non-hydrogen) atoms. The Morgan fingerprint density at radius 2 is 2.29 bits per heavy atom. The zero-order valence-corrected chi connectivity index (χ0v) is 7.65. The standard InChI is InChI=1S/C10H9N2O2/c1-14-7-2-3-8-6(4-7)5-9(12-8)10(11)13/h2-5H,1H3,(H2,11,13). The topological polar surface area (TPSA) is 66.4 Å². The molecule has 4 nitrogen and oxygen atoms in total. The molecule has 2 N–H and O–H groups in total. The van der Waals surface area contributed by atoms with Crippen LogP contribution < -0.4 is 15.8 Å². The average Bonchev–Trinajstić information content (AvgIpc) is 2.59. The zero-order valence-electron chi connectivity index (χ0n) is 7.65. The molecule has 1 amide bonds. The molecule has 0 aliphatic carbocycles. The second-order valence-corrected chi connectivity index (χ2v) is 2.93. The van der Waals surface area contributed by atoms with Crippen LogP contribution in [0, 0.1) is 0 Å². The van der Waals surface area contributed by atoms with E-state index in [2.05, 4.69) is 5.32 Å². The Morgan fingerprint density at radius 3 is 2.93 bits per heavy atom. The number of benzene rings is 1. The number of amides is 1. The van der Waals surface area contributed by atoms with Crippen molar-refractivity contribution in [1.82, 2.24) is 5.32 Å². The zero-order chi connectivity index (χ0) is 10.1. The van der Waals surface area contributed by atoms with Gasteiger partial charge in [-0.15, -0.1) is 0 Å². The van der Waals surface area contributed by atoms with E-state index in [9.17, 15) is 4.79 Å². The van der Waals surface area contributed by atoms with Crippen molar-refractivity contribution in [2.45, 2.75) is 0 Å². The fraction of sp³-hybridized carbons (Fsp3) is 0.100. The molecule has 0 aromatic heterocycles. The van der Waals surface area contributed by atoms with Crippen LogP contribution in [-0.4, -0.2) is 13.0 Å². The van der Waals surface area contributed by atoms with Gasteiger partial charge in [-0.2, -0.15) is 0 Å². The van der Waals surface area contributed by atoms with Gasteiger partial charge in [0, 0.05) is 5.56 Å². The van der Waals surface area contributed by atoms with Gasteiger partial charge in [-0.05, 0) is 24.3 Å². The third-order valence-electron chi connectivity index (χ3n) is 2.02. The van der Waals surface area contributed by atoms with Crippen LogP contribution in [0.1, 0.15) is 5.56 Å². The lowest BCUT2D eigenvalue weighted by Crippen LogP contribution is -2.16. The van der Waals surface area contributed by atoms with Gasteiger partial charge >= 0.3 is 0 Å². The fourth-order valence-corrected chi connectivity index (χ4v) is 1.31. The molecule has 0 spiro atoms. The molecule has 2 rings (SSSR count). The van der Waals surface area contributed by atoms with Crippen LogP contribution in [0.15, 0.2) is 23.9 Å².